The van der Waals surface area contributed by atoms with Crippen molar-refractivity contribution in [3.63, 3.8) is 0 Å². The molecular weight excluding hydrogens is 353 g/mol. The molecule has 1 atom stereocenters. The number of nitrogens with zero attached hydrogens (tertiary/aromatic N) is 2. The molecule has 7 nitrogen and oxygen atoms in total. The smallest absolute Gasteiger partial charge is 0.317 e. The van der Waals surface area contributed by atoms with Gasteiger partial charge in [-0.05, 0) is 30.9 Å². The van der Waals surface area contributed by atoms with Crippen LogP contribution in [0.5, 0.6) is 0 Å². The van der Waals surface area contributed by atoms with Gasteiger partial charge in [0.05, 0.1) is 11.5 Å². The number of carboxylic acid groups (broad SMARTS) is 1. The number of likely N-dealkylation sites (tertiary alicyclic amines) is 2. The van der Waals surface area contributed by atoms with E-state index >= 15 is 0 Å². The fourth-order valence-corrected chi connectivity index (χ4v) is 4.20. The van der Waals surface area contributed by atoms with Crippen LogP contribution in [-0.2, 0) is 16.0 Å². The first-order chi connectivity index (χ1) is 12.8. The normalized spacial score (nSPS) is 21.6. The molecule has 0 unspecified atom stereocenters. The van der Waals surface area contributed by atoms with Crippen molar-refractivity contribution in [2.24, 2.45) is 5.92 Å². The fraction of sp³-hybridized carbons (Fsp3) is 0.526. The Morgan fingerprint density at radius 1 is 1.30 bits per heavy atom. The summed E-state index contributed by atoms with van der Waals surface area (Å²) in [7, 11) is 1.65. The van der Waals surface area contributed by atoms with Crippen LogP contribution < -0.4 is 5.32 Å². The van der Waals surface area contributed by atoms with Gasteiger partial charge < -0.3 is 20.2 Å². The summed E-state index contributed by atoms with van der Waals surface area (Å²) in [5.41, 5.74) is -0.168. The van der Waals surface area contributed by atoms with E-state index in [1.54, 1.807) is 35.0 Å². The van der Waals surface area contributed by atoms with Gasteiger partial charge in [-0.25, -0.2) is 9.18 Å². The lowest BCUT2D eigenvalue weighted by Gasteiger charge is -2.45. The summed E-state index contributed by atoms with van der Waals surface area (Å²) in [6.07, 6.45) is 1.29. The minimum atomic E-state index is -0.963. The number of aliphatic carboxylic acids is 1. The number of halogens is 1. The molecule has 0 saturated carbocycles. The van der Waals surface area contributed by atoms with Gasteiger partial charge in [0, 0.05) is 33.1 Å². The number of urea groups is 1. The number of carbonyl (C=O) groups excluding carboxylic acids is 2. The van der Waals surface area contributed by atoms with E-state index in [1.807, 2.05) is 0 Å². The Kier molecular flexibility index (Phi) is 5.34. The number of carboxylic acids is 1. The summed E-state index contributed by atoms with van der Waals surface area (Å²) in [4.78, 5) is 39.1. The Morgan fingerprint density at radius 3 is 2.59 bits per heavy atom. The number of hydrogen-bond acceptors (Lipinski definition) is 3. The fourth-order valence-electron chi connectivity index (χ4n) is 4.20. The molecule has 146 valence electrons. The van der Waals surface area contributed by atoms with Crippen molar-refractivity contribution in [1.82, 2.24) is 15.1 Å². The van der Waals surface area contributed by atoms with E-state index in [0.29, 0.717) is 44.5 Å². The van der Waals surface area contributed by atoms with Crippen molar-refractivity contribution in [3.05, 3.63) is 35.6 Å². The molecule has 0 aromatic heterocycles. The van der Waals surface area contributed by atoms with Crippen molar-refractivity contribution in [1.29, 1.82) is 0 Å². The van der Waals surface area contributed by atoms with Crippen molar-refractivity contribution < 1.29 is 23.9 Å². The van der Waals surface area contributed by atoms with Crippen LogP contribution in [0.15, 0.2) is 24.3 Å². The summed E-state index contributed by atoms with van der Waals surface area (Å²) in [6.45, 7) is 1.08. The number of carbonyl (C=O) groups is 3. The quantitative estimate of drug-likeness (QED) is 0.832. The highest BCUT2D eigenvalue weighted by atomic mass is 19.1. The van der Waals surface area contributed by atoms with Gasteiger partial charge >= 0.3 is 12.0 Å². The zero-order valence-electron chi connectivity index (χ0n) is 15.3. The molecule has 3 rings (SSSR count). The molecule has 3 amide bonds. The maximum absolute atomic E-state index is 13.6. The van der Waals surface area contributed by atoms with Gasteiger partial charge in [-0.1, -0.05) is 18.2 Å². The van der Waals surface area contributed by atoms with Gasteiger partial charge in [0.25, 0.3) is 0 Å². The Morgan fingerprint density at radius 2 is 1.96 bits per heavy atom. The van der Waals surface area contributed by atoms with Crippen LogP contribution >= 0.6 is 0 Å². The van der Waals surface area contributed by atoms with Crippen LogP contribution in [0.4, 0.5) is 9.18 Å². The van der Waals surface area contributed by atoms with E-state index in [9.17, 15) is 23.9 Å². The van der Waals surface area contributed by atoms with Crippen LogP contribution in [0.1, 0.15) is 24.8 Å². The molecular formula is C19H24FN3O4. The van der Waals surface area contributed by atoms with Crippen molar-refractivity contribution in [2.75, 3.05) is 26.7 Å². The first-order valence-corrected chi connectivity index (χ1v) is 9.11. The number of amides is 3. The highest BCUT2D eigenvalue weighted by Crippen LogP contribution is 2.42. The average Bonchev–Trinajstić information content (AvgIpc) is 2.89. The largest absolute Gasteiger partial charge is 0.481 e. The molecule has 2 fully saturated rings. The van der Waals surface area contributed by atoms with E-state index in [4.69, 9.17) is 0 Å². The third-order valence-corrected chi connectivity index (χ3v) is 5.91. The predicted molar refractivity (Wildman–Crippen MR) is 95.6 cm³/mol. The van der Waals surface area contributed by atoms with Crippen LogP contribution in [0, 0.1) is 11.7 Å². The Hall–Kier alpha value is -2.64. The summed E-state index contributed by atoms with van der Waals surface area (Å²) in [5.74, 6) is -2.15. The molecule has 2 heterocycles. The number of hydrogen-bond donors (Lipinski definition) is 2. The molecule has 2 N–H and O–H groups in total. The Bertz CT molecular complexity index is 746. The lowest BCUT2D eigenvalue weighted by atomic mass is 9.77. The second-order valence-corrected chi connectivity index (χ2v) is 7.21. The second kappa shape index (κ2) is 7.54. The van der Waals surface area contributed by atoms with Crippen molar-refractivity contribution in [3.8, 4) is 0 Å². The molecule has 1 spiro atoms. The third-order valence-electron chi connectivity index (χ3n) is 5.91. The minimum Gasteiger partial charge on any atom is -0.481 e. The van der Waals surface area contributed by atoms with Crippen LogP contribution in [0.25, 0.3) is 0 Å². The molecule has 2 saturated heterocycles. The average molecular weight is 377 g/mol. The topological polar surface area (TPSA) is 90.0 Å². The number of rotatable bonds is 4. The van der Waals surface area contributed by atoms with E-state index in [1.165, 1.54) is 6.07 Å². The molecule has 2 aliphatic heterocycles. The molecule has 0 bridgehead atoms. The lowest BCUT2D eigenvalue weighted by molar-refractivity contribution is -0.145. The maximum atomic E-state index is 13.6. The van der Waals surface area contributed by atoms with Crippen molar-refractivity contribution in [2.45, 2.75) is 31.2 Å². The van der Waals surface area contributed by atoms with E-state index in [-0.39, 0.29) is 24.2 Å². The standard InChI is InChI=1S/C19H24FN3O4/c1-22-16(24)12-14(17(25)26)19(22)7-10-23(11-8-19)18(27)21-9-6-13-4-2-3-5-15(13)20/h2-5,14H,6-12H2,1H3,(H,21,27)(H,25,26)/t14-/m1/s1. The maximum Gasteiger partial charge on any atom is 0.317 e. The van der Waals surface area contributed by atoms with E-state index < -0.39 is 17.4 Å². The number of benzene rings is 1. The van der Waals surface area contributed by atoms with Crippen LogP contribution in [0.2, 0.25) is 0 Å². The number of piperidine rings is 1. The van der Waals surface area contributed by atoms with Crippen molar-refractivity contribution >= 4 is 17.9 Å². The molecule has 0 aliphatic carbocycles. The first-order valence-electron chi connectivity index (χ1n) is 9.11. The van der Waals surface area contributed by atoms with Gasteiger partial charge in [0.15, 0.2) is 0 Å². The molecule has 2 aliphatic rings. The summed E-state index contributed by atoms with van der Waals surface area (Å²) in [6, 6.07) is 6.20. The van der Waals surface area contributed by atoms with Gasteiger partial charge in [-0.2, -0.15) is 0 Å². The SMILES string of the molecule is CN1C(=O)C[C@H](C(=O)O)C12CCN(C(=O)NCCc1ccccc1F)CC2. The summed E-state index contributed by atoms with van der Waals surface area (Å²) in [5, 5.41) is 12.3. The summed E-state index contributed by atoms with van der Waals surface area (Å²) >= 11 is 0. The van der Waals surface area contributed by atoms with Gasteiger partial charge in [0.1, 0.15) is 5.82 Å². The third kappa shape index (κ3) is 3.61. The molecule has 1 aromatic carbocycles. The monoisotopic (exact) mass is 377 g/mol. The lowest BCUT2D eigenvalue weighted by Crippen LogP contribution is -2.58. The van der Waals surface area contributed by atoms with E-state index in [2.05, 4.69) is 5.32 Å². The van der Waals surface area contributed by atoms with Gasteiger partial charge in [-0.3, -0.25) is 9.59 Å². The summed E-state index contributed by atoms with van der Waals surface area (Å²) < 4.78 is 13.6. The van der Waals surface area contributed by atoms with Gasteiger partial charge in [0.2, 0.25) is 5.91 Å². The molecule has 0 radical (unpaired) electrons. The first kappa shape index (κ1) is 19.1. The second-order valence-electron chi connectivity index (χ2n) is 7.21. The highest BCUT2D eigenvalue weighted by molar-refractivity contribution is 5.88. The zero-order chi connectivity index (χ0) is 19.6. The number of nitrogens with one attached hydrogen (secondary N) is 1. The highest BCUT2D eigenvalue weighted by Gasteiger charge is 2.55. The molecule has 8 heteroatoms. The van der Waals surface area contributed by atoms with Gasteiger partial charge in [-0.15, -0.1) is 0 Å². The Balaban J connectivity index is 1.54. The van der Waals surface area contributed by atoms with E-state index in [0.717, 1.165) is 0 Å². The van der Waals surface area contributed by atoms with Crippen LogP contribution in [0.3, 0.4) is 0 Å². The Labute approximate surface area is 157 Å². The molecule has 1 aromatic rings. The zero-order valence-corrected chi connectivity index (χ0v) is 15.3. The van der Waals surface area contributed by atoms with Crippen LogP contribution in [-0.4, -0.2) is 65.0 Å². The molecule has 27 heavy (non-hydrogen) atoms. The minimum absolute atomic E-state index is 0.0146. The predicted octanol–water partition coefficient (Wildman–Crippen LogP) is 1.48.